The molecular weight excluding hydrogens is 721 g/mol. The van der Waals surface area contributed by atoms with Gasteiger partial charge in [-0.25, -0.2) is 0 Å². The van der Waals surface area contributed by atoms with Gasteiger partial charge < -0.3 is 34.1 Å². The monoisotopic (exact) mass is 770 g/mol. The van der Waals surface area contributed by atoms with Crippen molar-refractivity contribution in [1.82, 2.24) is 15.4 Å². The molecule has 3 aliphatic rings. The Kier molecular flexibility index (Phi) is 11.1. The second-order valence-electron chi connectivity index (χ2n) is 16.0. The van der Waals surface area contributed by atoms with E-state index in [2.05, 4.69) is 75.7 Å². The maximum Gasteiger partial charge on any atom is 0.255 e. The van der Waals surface area contributed by atoms with E-state index in [0.29, 0.717) is 26.0 Å². The fraction of sp³-hybridized carbons (Fsp3) is 0.422. The molecule has 0 radical (unpaired) electrons. The fourth-order valence-corrected chi connectivity index (χ4v) is 7.98. The predicted octanol–water partition coefficient (Wildman–Crippen LogP) is 6.62. The SMILES string of the molecule is CNC(=O)C(CCC=O)N(C)C(=O)c1cc(N2CC(OCC3(CN(c4ccc(C5(C#N)CC5)cc4)c4cc(-c5c(C)noc5C)ccc4C)CC3)C2)ccc1C=O. The molecule has 296 valence electrons. The minimum absolute atomic E-state index is 0.00549. The molecule has 1 atom stereocenters. The summed E-state index contributed by atoms with van der Waals surface area (Å²) < 4.78 is 12.1. The van der Waals surface area contributed by atoms with E-state index in [1.54, 1.807) is 12.1 Å². The summed E-state index contributed by atoms with van der Waals surface area (Å²) in [5, 5.41) is 16.6. The van der Waals surface area contributed by atoms with Crippen LogP contribution in [0.1, 0.15) is 81.8 Å². The quantitative estimate of drug-likeness (QED) is 0.116. The molecule has 7 rings (SSSR count). The molecule has 0 bridgehead atoms. The highest BCUT2D eigenvalue weighted by atomic mass is 16.5. The second-order valence-corrected chi connectivity index (χ2v) is 16.0. The van der Waals surface area contributed by atoms with Crippen molar-refractivity contribution >= 4 is 41.4 Å². The third-order valence-corrected chi connectivity index (χ3v) is 12.1. The van der Waals surface area contributed by atoms with E-state index < -0.39 is 11.9 Å². The highest BCUT2D eigenvalue weighted by Gasteiger charge is 2.47. The number of hydrogen-bond acceptors (Lipinski definition) is 10. The Balaban J connectivity index is 1.06. The number of nitriles is 1. The van der Waals surface area contributed by atoms with Crippen LogP contribution in [-0.2, 0) is 19.7 Å². The molecule has 3 aromatic carbocycles. The number of ether oxygens (including phenoxy) is 1. The van der Waals surface area contributed by atoms with Crippen molar-refractivity contribution in [3.05, 3.63) is 94.4 Å². The number of benzene rings is 3. The lowest BCUT2D eigenvalue weighted by Gasteiger charge is -2.42. The molecule has 1 unspecified atom stereocenters. The molecule has 2 amide bonds. The Bertz CT molecular complexity index is 2190. The van der Waals surface area contributed by atoms with Gasteiger partial charge >= 0.3 is 0 Å². The van der Waals surface area contributed by atoms with Crippen LogP contribution in [-0.4, -0.2) is 86.9 Å². The van der Waals surface area contributed by atoms with Gasteiger partial charge in [-0.15, -0.1) is 0 Å². The van der Waals surface area contributed by atoms with Gasteiger partial charge in [0.1, 0.15) is 18.1 Å². The highest BCUT2D eigenvalue weighted by molar-refractivity contribution is 6.04. The zero-order valence-corrected chi connectivity index (χ0v) is 33.3. The van der Waals surface area contributed by atoms with Crippen molar-refractivity contribution in [2.75, 3.05) is 50.1 Å². The van der Waals surface area contributed by atoms with Gasteiger partial charge in [-0.2, -0.15) is 5.26 Å². The maximum atomic E-state index is 13.6. The van der Waals surface area contributed by atoms with Crippen molar-refractivity contribution in [3.63, 3.8) is 0 Å². The first-order valence-corrected chi connectivity index (χ1v) is 19.7. The van der Waals surface area contributed by atoms with Crippen LogP contribution < -0.4 is 15.1 Å². The molecule has 2 saturated carbocycles. The van der Waals surface area contributed by atoms with Gasteiger partial charge in [-0.05, 0) is 106 Å². The molecule has 3 fully saturated rings. The van der Waals surface area contributed by atoms with Crippen LogP contribution >= 0.6 is 0 Å². The smallest absolute Gasteiger partial charge is 0.255 e. The number of nitrogens with one attached hydrogen (secondary N) is 1. The Hall–Kier alpha value is -5.80. The number of likely N-dealkylation sites (N-methyl/N-ethyl adjacent to an activating group) is 2. The second kappa shape index (κ2) is 16.0. The lowest BCUT2D eigenvalue weighted by molar-refractivity contribution is -0.125. The lowest BCUT2D eigenvalue weighted by atomic mass is 9.96. The van der Waals surface area contributed by atoms with Crippen LogP contribution in [0.3, 0.4) is 0 Å². The predicted molar refractivity (Wildman–Crippen MR) is 217 cm³/mol. The minimum atomic E-state index is -0.851. The summed E-state index contributed by atoms with van der Waals surface area (Å²) in [6, 6.07) is 21.8. The average Bonchev–Trinajstić information content (AvgIpc) is 4.15. The zero-order chi connectivity index (χ0) is 40.5. The average molecular weight is 771 g/mol. The molecule has 2 aliphatic carbocycles. The molecule has 57 heavy (non-hydrogen) atoms. The summed E-state index contributed by atoms with van der Waals surface area (Å²) in [4.78, 5) is 55.1. The summed E-state index contributed by atoms with van der Waals surface area (Å²) in [7, 11) is 3.00. The summed E-state index contributed by atoms with van der Waals surface area (Å²) in [6.07, 6.45) is 5.52. The largest absolute Gasteiger partial charge is 0.374 e. The van der Waals surface area contributed by atoms with Crippen LogP contribution in [0.5, 0.6) is 0 Å². The number of rotatable bonds is 17. The van der Waals surface area contributed by atoms with Gasteiger partial charge in [-0.3, -0.25) is 14.4 Å². The number of anilines is 3. The number of aromatic nitrogens is 1. The van der Waals surface area contributed by atoms with Crippen molar-refractivity contribution in [1.29, 1.82) is 5.26 Å². The van der Waals surface area contributed by atoms with Crippen LogP contribution in [0.2, 0.25) is 0 Å². The maximum absolute atomic E-state index is 13.6. The van der Waals surface area contributed by atoms with Crippen LogP contribution in [0, 0.1) is 37.5 Å². The summed E-state index contributed by atoms with van der Waals surface area (Å²) >= 11 is 0. The number of carbonyl (C=O) groups excluding carboxylic acids is 4. The van der Waals surface area contributed by atoms with Gasteiger partial charge in [0.25, 0.3) is 5.91 Å². The highest BCUT2D eigenvalue weighted by Crippen LogP contribution is 2.51. The van der Waals surface area contributed by atoms with Crippen molar-refractivity contribution in [3.8, 4) is 17.2 Å². The first kappa shape index (κ1) is 39.4. The number of nitrogens with zero attached hydrogens (tertiary/aromatic N) is 5. The van der Waals surface area contributed by atoms with Crippen LogP contribution in [0.15, 0.2) is 65.2 Å². The molecule has 12 nitrogen and oxygen atoms in total. The van der Waals surface area contributed by atoms with Gasteiger partial charge in [0, 0.05) is 73.8 Å². The molecule has 12 heteroatoms. The standard InChI is InChI=1S/C45H50N6O6/c1-29-8-9-32(41-30(2)48-57-31(41)3)21-40(29)51(35-14-11-34(12-15-35)45(26-46)18-19-45)27-44(16-17-44)28-56-37-23-50(24-37)36-13-10-33(25-53)38(22-36)43(55)49(5)39(7-6-20-52)42(54)47-4/h8-15,20-22,25,37,39H,6-7,16-19,23-24,27-28H2,1-5H3,(H,47,54). The van der Waals surface area contributed by atoms with E-state index in [1.165, 1.54) is 19.0 Å². The van der Waals surface area contributed by atoms with E-state index in [9.17, 15) is 24.4 Å². The van der Waals surface area contributed by atoms with Crippen LogP contribution in [0.4, 0.5) is 17.1 Å². The van der Waals surface area contributed by atoms with Crippen LogP contribution in [0.25, 0.3) is 11.1 Å². The number of hydrogen-bond donors (Lipinski definition) is 1. The van der Waals surface area contributed by atoms with Crippen molar-refractivity contribution in [2.45, 2.75) is 76.9 Å². The number of aldehydes is 2. The molecule has 2 heterocycles. The summed E-state index contributed by atoms with van der Waals surface area (Å²) in [5.74, 6) is -0.0655. The Labute approximate surface area is 333 Å². The molecule has 1 saturated heterocycles. The molecule has 4 aromatic rings. The number of amides is 2. The third kappa shape index (κ3) is 7.94. The van der Waals surface area contributed by atoms with E-state index in [4.69, 9.17) is 9.26 Å². The van der Waals surface area contributed by atoms with Crippen molar-refractivity contribution in [2.24, 2.45) is 5.41 Å². The van der Waals surface area contributed by atoms with Crippen molar-refractivity contribution < 1.29 is 28.4 Å². The van der Waals surface area contributed by atoms with Gasteiger partial charge in [0.05, 0.1) is 35.5 Å². The third-order valence-electron chi connectivity index (χ3n) is 12.1. The van der Waals surface area contributed by atoms with E-state index in [0.717, 1.165) is 89.3 Å². The fourth-order valence-electron chi connectivity index (χ4n) is 7.98. The molecule has 1 aliphatic heterocycles. The molecular formula is C45H50N6O6. The Morgan fingerprint density at radius 2 is 1.79 bits per heavy atom. The Morgan fingerprint density at radius 3 is 2.39 bits per heavy atom. The number of carbonyl (C=O) groups is 4. The molecule has 0 spiro atoms. The Morgan fingerprint density at radius 1 is 1.05 bits per heavy atom. The summed E-state index contributed by atoms with van der Waals surface area (Å²) in [5.41, 5.74) is 8.09. The van der Waals surface area contributed by atoms with Gasteiger partial charge in [0.2, 0.25) is 5.91 Å². The topological polar surface area (TPSA) is 149 Å². The normalized spacial score (nSPS) is 16.8. The first-order chi connectivity index (χ1) is 27.4. The molecule has 1 aromatic heterocycles. The minimum Gasteiger partial charge on any atom is -0.374 e. The first-order valence-electron chi connectivity index (χ1n) is 19.7. The number of aryl methyl sites for hydroxylation is 3. The molecule has 1 N–H and O–H groups in total. The van der Waals surface area contributed by atoms with Gasteiger partial charge in [0.15, 0.2) is 6.29 Å². The van der Waals surface area contributed by atoms with Gasteiger partial charge in [-0.1, -0.05) is 29.4 Å². The van der Waals surface area contributed by atoms with E-state index >= 15 is 0 Å². The van der Waals surface area contributed by atoms with E-state index in [-0.39, 0.29) is 46.8 Å². The lowest BCUT2D eigenvalue weighted by Crippen LogP contribution is -2.53. The zero-order valence-electron chi connectivity index (χ0n) is 33.3. The summed E-state index contributed by atoms with van der Waals surface area (Å²) in [6.45, 7) is 8.65. The van der Waals surface area contributed by atoms with E-state index in [1.807, 2.05) is 19.9 Å².